The van der Waals surface area contributed by atoms with E-state index in [1.165, 1.54) is 0 Å². The normalized spacial score (nSPS) is 18.9. The Hall–Kier alpha value is -1.55. The molecule has 4 nitrogen and oxygen atoms in total. The summed E-state index contributed by atoms with van der Waals surface area (Å²) in [7, 11) is 0. The number of benzene rings is 1. The average molecular weight is 254 g/mol. The van der Waals surface area contributed by atoms with Crippen molar-refractivity contribution in [3.05, 3.63) is 34.9 Å². The summed E-state index contributed by atoms with van der Waals surface area (Å²) in [5.74, 6) is -0.584. The molecule has 5 heteroatoms. The molecule has 0 aliphatic carbocycles. The number of rotatable bonds is 3. The number of amides is 1. The predicted molar refractivity (Wildman–Crippen MR) is 62.7 cm³/mol. The molecule has 0 aromatic heterocycles. The highest BCUT2D eigenvalue weighted by atomic mass is 35.5. The van der Waals surface area contributed by atoms with Crippen LogP contribution in [0.3, 0.4) is 0 Å². The molecule has 0 bridgehead atoms. The first-order valence-electron chi connectivity index (χ1n) is 5.36. The van der Waals surface area contributed by atoms with Gasteiger partial charge in [0.25, 0.3) is 0 Å². The third-order valence-electron chi connectivity index (χ3n) is 2.58. The first-order chi connectivity index (χ1) is 8.16. The van der Waals surface area contributed by atoms with E-state index in [4.69, 9.17) is 16.3 Å². The number of esters is 1. The Bertz CT molecular complexity index is 447. The standard InChI is InChI=1S/C12H12ClNO3/c13-9-4-2-1-3-8(9)7-11(15)14-10-5-6-17-12(10)16/h1-4,10H,5-7H2,(H,14,15)/t10-/m0/s1. The zero-order valence-corrected chi connectivity index (χ0v) is 9.87. The minimum absolute atomic E-state index is 0.170. The van der Waals surface area contributed by atoms with Gasteiger partial charge in [0.15, 0.2) is 0 Å². The molecule has 1 saturated heterocycles. The maximum atomic E-state index is 11.7. The molecule has 1 aliphatic rings. The first kappa shape index (κ1) is 11.9. The number of hydrogen-bond acceptors (Lipinski definition) is 3. The van der Waals surface area contributed by atoms with E-state index in [1.54, 1.807) is 18.2 Å². The van der Waals surface area contributed by atoms with Crippen molar-refractivity contribution in [3.63, 3.8) is 0 Å². The molecular weight excluding hydrogens is 242 g/mol. The van der Waals surface area contributed by atoms with Crippen molar-refractivity contribution in [2.24, 2.45) is 0 Å². The molecule has 2 rings (SSSR count). The summed E-state index contributed by atoms with van der Waals surface area (Å²) >= 11 is 5.94. The van der Waals surface area contributed by atoms with E-state index in [1.807, 2.05) is 6.07 Å². The lowest BCUT2D eigenvalue weighted by Gasteiger charge is -2.09. The molecular formula is C12H12ClNO3. The average Bonchev–Trinajstić information content (AvgIpc) is 2.68. The van der Waals surface area contributed by atoms with Gasteiger partial charge in [0.2, 0.25) is 5.91 Å². The quantitative estimate of drug-likeness (QED) is 0.827. The van der Waals surface area contributed by atoms with Crippen molar-refractivity contribution in [1.29, 1.82) is 0 Å². The molecule has 1 N–H and O–H groups in total. The van der Waals surface area contributed by atoms with Crippen LogP contribution in [0.25, 0.3) is 0 Å². The maximum absolute atomic E-state index is 11.7. The topological polar surface area (TPSA) is 55.4 Å². The Balaban J connectivity index is 1.93. The molecule has 1 fully saturated rings. The molecule has 1 atom stereocenters. The second-order valence-corrected chi connectivity index (χ2v) is 4.25. The lowest BCUT2D eigenvalue weighted by Crippen LogP contribution is -2.38. The van der Waals surface area contributed by atoms with Gasteiger partial charge in [-0.1, -0.05) is 29.8 Å². The molecule has 0 saturated carbocycles. The van der Waals surface area contributed by atoms with Gasteiger partial charge in [0.05, 0.1) is 13.0 Å². The van der Waals surface area contributed by atoms with Crippen LogP contribution in [0.2, 0.25) is 5.02 Å². The van der Waals surface area contributed by atoms with Crippen molar-refractivity contribution >= 4 is 23.5 Å². The Morgan fingerprint density at radius 1 is 1.47 bits per heavy atom. The molecule has 1 aliphatic heterocycles. The number of ether oxygens (including phenoxy) is 1. The molecule has 1 aromatic carbocycles. The SMILES string of the molecule is O=C(Cc1ccccc1Cl)N[C@H]1CCOC1=O. The Morgan fingerprint density at radius 3 is 2.88 bits per heavy atom. The zero-order chi connectivity index (χ0) is 12.3. The molecule has 1 heterocycles. The molecule has 0 spiro atoms. The van der Waals surface area contributed by atoms with E-state index in [0.29, 0.717) is 18.1 Å². The van der Waals surface area contributed by atoms with E-state index in [0.717, 1.165) is 5.56 Å². The highest BCUT2D eigenvalue weighted by Crippen LogP contribution is 2.15. The molecule has 0 unspecified atom stereocenters. The summed E-state index contributed by atoms with van der Waals surface area (Å²) in [6.07, 6.45) is 0.705. The van der Waals surface area contributed by atoms with Crippen LogP contribution in [0.15, 0.2) is 24.3 Å². The van der Waals surface area contributed by atoms with Crippen molar-refractivity contribution in [1.82, 2.24) is 5.32 Å². The molecule has 90 valence electrons. The van der Waals surface area contributed by atoms with E-state index < -0.39 is 6.04 Å². The predicted octanol–water partition coefficient (Wildman–Crippen LogP) is 1.31. The second kappa shape index (κ2) is 5.19. The van der Waals surface area contributed by atoms with Crippen molar-refractivity contribution in [2.45, 2.75) is 18.9 Å². The van der Waals surface area contributed by atoms with E-state index >= 15 is 0 Å². The van der Waals surface area contributed by atoms with Gasteiger partial charge < -0.3 is 10.1 Å². The van der Waals surface area contributed by atoms with Gasteiger partial charge in [0, 0.05) is 11.4 Å². The van der Waals surface area contributed by atoms with Gasteiger partial charge in [0.1, 0.15) is 6.04 Å². The third-order valence-corrected chi connectivity index (χ3v) is 2.95. The van der Waals surface area contributed by atoms with Crippen LogP contribution in [0, 0.1) is 0 Å². The van der Waals surface area contributed by atoms with E-state index in [2.05, 4.69) is 5.32 Å². The monoisotopic (exact) mass is 253 g/mol. The van der Waals surface area contributed by atoms with Crippen LogP contribution in [-0.4, -0.2) is 24.5 Å². The van der Waals surface area contributed by atoms with Crippen molar-refractivity contribution in [2.75, 3.05) is 6.61 Å². The Kier molecular flexibility index (Phi) is 3.64. The van der Waals surface area contributed by atoms with Gasteiger partial charge in [-0.3, -0.25) is 4.79 Å². The summed E-state index contributed by atoms with van der Waals surface area (Å²) in [4.78, 5) is 22.9. The largest absolute Gasteiger partial charge is 0.464 e. The molecule has 1 amide bonds. The summed E-state index contributed by atoms with van der Waals surface area (Å²) in [6.45, 7) is 0.371. The Labute approximate surface area is 104 Å². The van der Waals surface area contributed by atoms with Crippen LogP contribution in [0.1, 0.15) is 12.0 Å². The van der Waals surface area contributed by atoms with Gasteiger partial charge >= 0.3 is 5.97 Å². The highest BCUT2D eigenvalue weighted by molar-refractivity contribution is 6.31. The van der Waals surface area contributed by atoms with Crippen LogP contribution in [0.4, 0.5) is 0 Å². The minimum Gasteiger partial charge on any atom is -0.464 e. The number of carbonyl (C=O) groups excluding carboxylic acids is 2. The summed E-state index contributed by atoms with van der Waals surface area (Å²) < 4.78 is 4.76. The van der Waals surface area contributed by atoms with Crippen molar-refractivity contribution < 1.29 is 14.3 Å². The molecule has 17 heavy (non-hydrogen) atoms. The van der Waals surface area contributed by atoms with Gasteiger partial charge in [-0.05, 0) is 11.6 Å². The third kappa shape index (κ3) is 2.97. The van der Waals surface area contributed by atoms with Gasteiger partial charge in [-0.25, -0.2) is 4.79 Å². The Morgan fingerprint density at radius 2 is 2.24 bits per heavy atom. The van der Waals surface area contributed by atoms with E-state index in [9.17, 15) is 9.59 Å². The van der Waals surface area contributed by atoms with Gasteiger partial charge in [-0.15, -0.1) is 0 Å². The summed E-state index contributed by atoms with van der Waals surface area (Å²) in [5, 5.41) is 3.18. The lowest BCUT2D eigenvalue weighted by molar-refractivity contribution is -0.141. The van der Waals surface area contributed by atoms with Crippen LogP contribution < -0.4 is 5.32 Å². The second-order valence-electron chi connectivity index (χ2n) is 3.84. The number of halogens is 1. The fraction of sp³-hybridized carbons (Fsp3) is 0.333. The molecule has 1 aromatic rings. The number of nitrogens with one attached hydrogen (secondary N) is 1. The minimum atomic E-state index is -0.509. The number of cyclic esters (lactones) is 1. The fourth-order valence-corrected chi connectivity index (χ4v) is 1.89. The van der Waals surface area contributed by atoms with Gasteiger partial charge in [-0.2, -0.15) is 0 Å². The number of hydrogen-bond donors (Lipinski definition) is 1. The van der Waals surface area contributed by atoms with Crippen LogP contribution >= 0.6 is 11.6 Å². The molecule has 0 radical (unpaired) electrons. The zero-order valence-electron chi connectivity index (χ0n) is 9.11. The van der Waals surface area contributed by atoms with Crippen molar-refractivity contribution in [3.8, 4) is 0 Å². The lowest BCUT2D eigenvalue weighted by atomic mass is 10.1. The maximum Gasteiger partial charge on any atom is 0.328 e. The summed E-state index contributed by atoms with van der Waals surface area (Å²) in [5.41, 5.74) is 0.748. The number of carbonyl (C=O) groups is 2. The first-order valence-corrected chi connectivity index (χ1v) is 5.74. The fourth-order valence-electron chi connectivity index (χ4n) is 1.69. The summed E-state index contributed by atoms with van der Waals surface area (Å²) in [6, 6.07) is 6.63. The van der Waals surface area contributed by atoms with E-state index in [-0.39, 0.29) is 18.3 Å². The van der Waals surface area contributed by atoms with Crippen LogP contribution in [-0.2, 0) is 20.7 Å². The smallest absolute Gasteiger partial charge is 0.328 e. The highest BCUT2D eigenvalue weighted by Gasteiger charge is 2.27. The van der Waals surface area contributed by atoms with Crippen LogP contribution in [0.5, 0.6) is 0 Å².